The smallest absolute Gasteiger partial charge is 0.338 e. The predicted octanol–water partition coefficient (Wildman–Crippen LogP) is 0.730. The van der Waals surface area contributed by atoms with Gasteiger partial charge in [0.25, 0.3) is 5.56 Å². The fourth-order valence-corrected chi connectivity index (χ4v) is 4.93. The highest BCUT2D eigenvalue weighted by Crippen LogP contribution is 2.37. The van der Waals surface area contributed by atoms with E-state index in [1.165, 1.54) is 4.57 Å². The lowest BCUT2D eigenvalue weighted by Gasteiger charge is -2.26. The van der Waals surface area contributed by atoms with Gasteiger partial charge in [-0.05, 0) is 55.3 Å². The highest BCUT2D eigenvalue weighted by molar-refractivity contribution is 7.07. The first-order valence-electron chi connectivity index (χ1n) is 10.6. The molecule has 4 heterocycles. The second-order valence-corrected chi connectivity index (χ2v) is 8.23. The molecule has 4 rings (SSSR count). The number of hydrogen-bond donors (Lipinski definition) is 1. The second kappa shape index (κ2) is 9.84. The van der Waals surface area contributed by atoms with Gasteiger partial charge in [0.15, 0.2) is 0 Å². The van der Waals surface area contributed by atoms with E-state index in [-0.39, 0.29) is 30.2 Å². The highest BCUT2D eigenvalue weighted by Gasteiger charge is 2.39. The SMILES string of the molecule is CCOC(=O)C1=C(N)n2c(sc(=Cc3ccncc3)c2=O)=C(C(=O)OCC)C1c1ccncc1. The van der Waals surface area contributed by atoms with Crippen molar-refractivity contribution in [2.75, 3.05) is 13.2 Å². The molecule has 1 unspecified atom stereocenters. The third-order valence-electron chi connectivity index (χ3n) is 5.18. The number of thiazole rings is 1. The molecule has 9 nitrogen and oxygen atoms in total. The summed E-state index contributed by atoms with van der Waals surface area (Å²) in [5.74, 6) is -2.34. The molecular formula is C24H22N4O5S. The lowest BCUT2D eigenvalue weighted by atomic mass is 9.83. The number of nitrogens with zero attached hydrogens (tertiary/aromatic N) is 3. The summed E-state index contributed by atoms with van der Waals surface area (Å²) in [6, 6.07) is 6.87. The number of ether oxygens (including phenoxy) is 2. The van der Waals surface area contributed by atoms with Crippen LogP contribution in [-0.2, 0) is 19.1 Å². The molecule has 34 heavy (non-hydrogen) atoms. The van der Waals surface area contributed by atoms with Crippen LogP contribution in [0.25, 0.3) is 17.5 Å². The van der Waals surface area contributed by atoms with Gasteiger partial charge in [-0.3, -0.25) is 19.3 Å². The molecule has 0 aromatic carbocycles. The highest BCUT2D eigenvalue weighted by atomic mass is 32.1. The van der Waals surface area contributed by atoms with Crippen molar-refractivity contribution in [3.8, 4) is 0 Å². The maximum absolute atomic E-state index is 13.4. The monoisotopic (exact) mass is 478 g/mol. The van der Waals surface area contributed by atoms with Gasteiger partial charge in [0.1, 0.15) is 10.5 Å². The van der Waals surface area contributed by atoms with Crippen LogP contribution in [-0.4, -0.2) is 39.7 Å². The van der Waals surface area contributed by atoms with Crippen molar-refractivity contribution in [3.05, 3.63) is 85.3 Å². The predicted molar refractivity (Wildman–Crippen MR) is 127 cm³/mol. The summed E-state index contributed by atoms with van der Waals surface area (Å²) in [5, 5.41) is 0. The fourth-order valence-electron chi connectivity index (χ4n) is 3.76. The normalized spacial score (nSPS) is 15.8. The molecule has 1 atom stereocenters. The van der Waals surface area contributed by atoms with Crippen LogP contribution in [0.4, 0.5) is 0 Å². The maximum Gasteiger partial charge on any atom is 0.338 e. The molecule has 3 aromatic heterocycles. The molecule has 2 N–H and O–H groups in total. The van der Waals surface area contributed by atoms with Crippen LogP contribution in [0.5, 0.6) is 0 Å². The molecule has 0 fully saturated rings. The number of esters is 2. The standard InChI is InChI=1S/C24H22N4O5S/c1-3-32-23(30)18-17(15-7-11-27-12-8-15)19(24(31)33-4-2)22-28(20(18)25)21(29)16(34-22)13-14-5-9-26-10-6-14/h5-13,17H,3-4,25H2,1-2H3. The summed E-state index contributed by atoms with van der Waals surface area (Å²) in [5.41, 5.74) is 7.47. The molecule has 0 bridgehead atoms. The Kier molecular flexibility index (Phi) is 6.69. The van der Waals surface area contributed by atoms with Crippen molar-refractivity contribution in [1.29, 1.82) is 0 Å². The van der Waals surface area contributed by atoms with E-state index in [2.05, 4.69) is 9.97 Å². The zero-order chi connectivity index (χ0) is 24.2. The molecule has 0 saturated carbocycles. The van der Waals surface area contributed by atoms with Crippen LogP contribution >= 0.6 is 11.3 Å². The van der Waals surface area contributed by atoms with E-state index < -0.39 is 23.4 Å². The van der Waals surface area contributed by atoms with Gasteiger partial charge in [-0.1, -0.05) is 0 Å². The Labute approximate surface area is 198 Å². The van der Waals surface area contributed by atoms with E-state index in [9.17, 15) is 14.4 Å². The minimum absolute atomic E-state index is 0.000959. The molecule has 0 radical (unpaired) electrons. The Morgan fingerprint density at radius 2 is 1.56 bits per heavy atom. The first kappa shape index (κ1) is 23.1. The zero-order valence-electron chi connectivity index (χ0n) is 18.6. The average molecular weight is 479 g/mol. The lowest BCUT2D eigenvalue weighted by molar-refractivity contribution is -0.138. The van der Waals surface area contributed by atoms with E-state index in [1.807, 2.05) is 0 Å². The van der Waals surface area contributed by atoms with Crippen molar-refractivity contribution in [1.82, 2.24) is 14.5 Å². The Bertz CT molecular complexity index is 1440. The van der Waals surface area contributed by atoms with Crippen molar-refractivity contribution in [2.45, 2.75) is 19.8 Å². The van der Waals surface area contributed by atoms with Gasteiger partial charge < -0.3 is 15.2 Å². The number of pyridine rings is 2. The van der Waals surface area contributed by atoms with Crippen LogP contribution in [0.1, 0.15) is 30.9 Å². The minimum atomic E-state index is -0.895. The number of fused-ring (bicyclic) bond motifs is 1. The first-order chi connectivity index (χ1) is 16.5. The van der Waals surface area contributed by atoms with Gasteiger partial charge in [0.05, 0.1) is 34.8 Å². The minimum Gasteiger partial charge on any atom is -0.463 e. The Hall–Kier alpha value is -4.05. The van der Waals surface area contributed by atoms with Gasteiger partial charge in [-0.25, -0.2) is 9.59 Å². The summed E-state index contributed by atoms with van der Waals surface area (Å²) in [7, 11) is 0. The van der Waals surface area contributed by atoms with Crippen LogP contribution in [0.15, 0.2) is 59.4 Å². The van der Waals surface area contributed by atoms with Gasteiger partial charge in [-0.2, -0.15) is 0 Å². The van der Waals surface area contributed by atoms with Gasteiger partial charge in [0, 0.05) is 24.8 Å². The number of nitrogens with two attached hydrogens (primary N) is 1. The van der Waals surface area contributed by atoms with Crippen LogP contribution in [0.2, 0.25) is 0 Å². The van der Waals surface area contributed by atoms with Crippen molar-refractivity contribution < 1.29 is 19.1 Å². The van der Waals surface area contributed by atoms with E-state index >= 15 is 0 Å². The number of hydrogen-bond acceptors (Lipinski definition) is 9. The van der Waals surface area contributed by atoms with E-state index in [0.717, 1.165) is 16.9 Å². The summed E-state index contributed by atoms with van der Waals surface area (Å²) in [6.07, 6.45) is 8.01. The largest absolute Gasteiger partial charge is 0.463 e. The Balaban J connectivity index is 2.11. The molecule has 3 aromatic rings. The third kappa shape index (κ3) is 4.15. The van der Waals surface area contributed by atoms with Crippen LogP contribution in [0.3, 0.4) is 0 Å². The second-order valence-electron chi connectivity index (χ2n) is 7.20. The first-order valence-corrected chi connectivity index (χ1v) is 11.4. The fraction of sp³-hybridized carbons (Fsp3) is 0.208. The van der Waals surface area contributed by atoms with Crippen LogP contribution in [0, 0.1) is 0 Å². The molecule has 10 heteroatoms. The van der Waals surface area contributed by atoms with Crippen molar-refractivity contribution in [3.63, 3.8) is 0 Å². The van der Waals surface area contributed by atoms with Gasteiger partial charge in [-0.15, -0.1) is 11.3 Å². The Morgan fingerprint density at radius 3 is 2.15 bits per heavy atom. The molecule has 1 aliphatic heterocycles. The number of aromatic nitrogens is 3. The quantitative estimate of drug-likeness (QED) is 0.514. The zero-order valence-corrected chi connectivity index (χ0v) is 19.4. The number of carbonyl (C=O) groups excluding carboxylic acids is 2. The van der Waals surface area contributed by atoms with Crippen molar-refractivity contribution >= 4 is 40.7 Å². The average Bonchev–Trinajstić information content (AvgIpc) is 3.16. The third-order valence-corrected chi connectivity index (χ3v) is 6.29. The molecule has 0 saturated heterocycles. The molecular weight excluding hydrogens is 456 g/mol. The molecule has 174 valence electrons. The topological polar surface area (TPSA) is 126 Å². The number of rotatable bonds is 6. The van der Waals surface area contributed by atoms with Crippen LogP contribution < -0.4 is 20.5 Å². The van der Waals surface area contributed by atoms with Gasteiger partial charge >= 0.3 is 11.9 Å². The molecule has 0 amide bonds. The van der Waals surface area contributed by atoms with Gasteiger partial charge in [0.2, 0.25) is 0 Å². The summed E-state index contributed by atoms with van der Waals surface area (Å²) >= 11 is 1.10. The van der Waals surface area contributed by atoms with Crippen molar-refractivity contribution in [2.24, 2.45) is 5.73 Å². The summed E-state index contributed by atoms with van der Waals surface area (Å²) in [6.45, 7) is 3.56. The molecule has 0 spiro atoms. The molecule has 1 aliphatic rings. The van der Waals surface area contributed by atoms with E-state index in [0.29, 0.717) is 14.8 Å². The summed E-state index contributed by atoms with van der Waals surface area (Å²) < 4.78 is 12.4. The maximum atomic E-state index is 13.4. The van der Waals surface area contributed by atoms with E-state index in [1.54, 1.807) is 69.0 Å². The summed E-state index contributed by atoms with van der Waals surface area (Å²) in [4.78, 5) is 47.7. The van der Waals surface area contributed by atoms with E-state index in [4.69, 9.17) is 15.2 Å². The Morgan fingerprint density at radius 1 is 1.00 bits per heavy atom. The lowest BCUT2D eigenvalue weighted by Crippen LogP contribution is -2.42. The molecule has 0 aliphatic carbocycles. The number of carbonyl (C=O) groups is 2.